The third-order valence-electron chi connectivity index (χ3n) is 3.26. The molecule has 0 spiro atoms. The second-order valence-electron chi connectivity index (χ2n) is 4.55. The lowest BCUT2D eigenvalue weighted by Crippen LogP contribution is -2.21. The fourth-order valence-electron chi connectivity index (χ4n) is 2.47. The van der Waals surface area contributed by atoms with Crippen LogP contribution in [0.5, 0.6) is 5.75 Å². The molecule has 19 heavy (non-hydrogen) atoms. The second kappa shape index (κ2) is 4.43. The van der Waals surface area contributed by atoms with Crippen LogP contribution in [0.4, 0.5) is 0 Å². The van der Waals surface area contributed by atoms with E-state index in [-0.39, 0.29) is 5.97 Å². The third-order valence-corrected chi connectivity index (χ3v) is 3.26. The van der Waals surface area contributed by atoms with Crippen molar-refractivity contribution in [2.24, 2.45) is 0 Å². The molecule has 1 aromatic rings. The van der Waals surface area contributed by atoms with Gasteiger partial charge in [-0.15, -0.1) is 6.58 Å². The molecule has 0 bridgehead atoms. The predicted octanol–water partition coefficient (Wildman–Crippen LogP) is 1.50. The van der Waals surface area contributed by atoms with Gasteiger partial charge in [-0.1, -0.05) is 36.4 Å². The van der Waals surface area contributed by atoms with Crippen molar-refractivity contribution in [2.45, 2.75) is 19.6 Å². The molecule has 0 saturated carbocycles. The molecule has 0 aromatic heterocycles. The second-order valence-corrected chi connectivity index (χ2v) is 4.55. The van der Waals surface area contributed by atoms with Crippen LogP contribution < -0.4 is 15.2 Å². The molecule has 1 unspecified atom stereocenters. The molecule has 2 aliphatic rings. The Morgan fingerprint density at radius 1 is 1.53 bits per heavy atom. The van der Waals surface area contributed by atoms with Gasteiger partial charge in [0.25, 0.3) is 6.29 Å². The van der Waals surface area contributed by atoms with Gasteiger partial charge in [0, 0.05) is 23.3 Å². The normalized spacial score (nSPS) is 18.4. The van der Waals surface area contributed by atoms with Gasteiger partial charge in [-0.05, 0) is 11.6 Å². The molecule has 1 atom stereocenters. The molecule has 0 amide bonds. The first-order chi connectivity index (χ1) is 9.20. The van der Waals surface area contributed by atoms with Crippen molar-refractivity contribution in [3.63, 3.8) is 0 Å². The number of carbonyl (C=O) groups excluding carboxylic acids is 1. The first kappa shape index (κ1) is 11.8. The highest BCUT2D eigenvalue weighted by Crippen LogP contribution is 2.27. The Balaban J connectivity index is 2.15. The molecule has 1 aromatic carbocycles. The van der Waals surface area contributed by atoms with Crippen molar-refractivity contribution >= 4 is 23.7 Å². The van der Waals surface area contributed by atoms with E-state index in [1.165, 1.54) is 6.92 Å². The van der Waals surface area contributed by atoms with Crippen molar-refractivity contribution in [3.05, 3.63) is 46.9 Å². The van der Waals surface area contributed by atoms with Crippen molar-refractivity contribution < 1.29 is 14.3 Å². The van der Waals surface area contributed by atoms with Gasteiger partial charge < -0.3 is 9.47 Å². The van der Waals surface area contributed by atoms with Crippen LogP contribution in [0, 0.1) is 0 Å². The number of carbonyl (C=O) groups is 1. The number of allylic oxidation sites excluding steroid dienone is 2. The van der Waals surface area contributed by atoms with E-state index in [2.05, 4.69) is 12.6 Å². The fraction of sp³-hybridized carbons (Fsp3) is 0.188. The quantitative estimate of drug-likeness (QED) is 0.606. The van der Waals surface area contributed by atoms with Crippen LogP contribution in [0.25, 0.3) is 17.7 Å². The van der Waals surface area contributed by atoms with Crippen molar-refractivity contribution in [1.29, 1.82) is 0 Å². The highest BCUT2D eigenvalue weighted by atomic mass is 16.7. The summed E-state index contributed by atoms with van der Waals surface area (Å²) < 4.78 is 11.1. The Bertz CT molecular complexity index is 710. The summed E-state index contributed by atoms with van der Waals surface area (Å²) in [6.45, 7) is 5.13. The van der Waals surface area contributed by atoms with Crippen LogP contribution in [-0.2, 0) is 9.53 Å². The minimum Gasteiger partial charge on any atom is -0.449 e. The summed E-state index contributed by atoms with van der Waals surface area (Å²) in [5, 5.41) is 2.13. The Kier molecular flexibility index (Phi) is 2.75. The molecule has 3 rings (SSSR count). The molecule has 3 heteroatoms. The van der Waals surface area contributed by atoms with Crippen molar-refractivity contribution in [3.8, 4) is 5.75 Å². The van der Waals surface area contributed by atoms with Crippen LogP contribution in [0.3, 0.4) is 0 Å². The van der Waals surface area contributed by atoms with E-state index in [0.29, 0.717) is 6.42 Å². The third kappa shape index (κ3) is 1.87. The van der Waals surface area contributed by atoms with Crippen LogP contribution in [-0.4, -0.2) is 12.3 Å². The maximum Gasteiger partial charge on any atom is 0.305 e. The highest BCUT2D eigenvalue weighted by molar-refractivity contribution is 5.75. The monoisotopic (exact) mass is 254 g/mol. The van der Waals surface area contributed by atoms with E-state index in [1.807, 2.05) is 24.3 Å². The number of fused-ring (bicyclic) bond motifs is 3. The van der Waals surface area contributed by atoms with E-state index >= 15 is 0 Å². The van der Waals surface area contributed by atoms with Crippen molar-refractivity contribution in [1.82, 2.24) is 0 Å². The first-order valence-electron chi connectivity index (χ1n) is 6.20. The van der Waals surface area contributed by atoms with E-state index in [0.717, 1.165) is 27.3 Å². The number of benzene rings is 1. The molecule has 96 valence electrons. The average molecular weight is 254 g/mol. The lowest BCUT2D eigenvalue weighted by Gasteiger charge is -2.14. The Morgan fingerprint density at radius 2 is 2.37 bits per heavy atom. The number of esters is 1. The summed E-state index contributed by atoms with van der Waals surface area (Å²) in [6, 6.07) is 4.07. The summed E-state index contributed by atoms with van der Waals surface area (Å²) >= 11 is 0. The van der Waals surface area contributed by atoms with Crippen LogP contribution >= 0.6 is 0 Å². The zero-order chi connectivity index (χ0) is 13.4. The largest absolute Gasteiger partial charge is 0.449 e. The van der Waals surface area contributed by atoms with Gasteiger partial charge in [-0.2, -0.15) is 0 Å². The molecule has 0 saturated heterocycles. The summed E-state index contributed by atoms with van der Waals surface area (Å²) in [4.78, 5) is 11.2. The van der Waals surface area contributed by atoms with Crippen molar-refractivity contribution in [2.75, 3.05) is 0 Å². The Hall–Kier alpha value is -2.29. The molecule has 0 radical (unpaired) electrons. The number of hydrogen-bond donors (Lipinski definition) is 0. The van der Waals surface area contributed by atoms with E-state index < -0.39 is 6.29 Å². The average Bonchev–Trinajstić information content (AvgIpc) is 2.94. The predicted molar refractivity (Wildman–Crippen MR) is 73.6 cm³/mol. The van der Waals surface area contributed by atoms with Crippen LogP contribution in [0.1, 0.15) is 18.9 Å². The molecule has 3 nitrogen and oxygen atoms in total. The summed E-state index contributed by atoms with van der Waals surface area (Å²) in [6.07, 6.45) is 7.82. The van der Waals surface area contributed by atoms with Gasteiger partial charge in [0.1, 0.15) is 5.75 Å². The van der Waals surface area contributed by atoms with Gasteiger partial charge in [-0.3, -0.25) is 4.79 Å². The maximum absolute atomic E-state index is 11.2. The zero-order valence-electron chi connectivity index (χ0n) is 10.7. The van der Waals surface area contributed by atoms with Gasteiger partial charge >= 0.3 is 5.97 Å². The van der Waals surface area contributed by atoms with E-state index in [9.17, 15) is 4.79 Å². The number of rotatable bonds is 3. The smallest absolute Gasteiger partial charge is 0.305 e. The maximum atomic E-state index is 11.2. The molecule has 1 aliphatic heterocycles. The van der Waals surface area contributed by atoms with Crippen LogP contribution in [0.2, 0.25) is 0 Å². The minimum atomic E-state index is -0.633. The zero-order valence-corrected chi connectivity index (χ0v) is 10.7. The first-order valence-corrected chi connectivity index (χ1v) is 6.20. The topological polar surface area (TPSA) is 35.5 Å². The summed E-state index contributed by atoms with van der Waals surface area (Å²) in [5.74, 6) is 0.448. The number of hydrogen-bond acceptors (Lipinski definition) is 3. The molecule has 0 N–H and O–H groups in total. The SMILES string of the molecule is C=CCC1=c2ccc3c(c2OC1OC(C)=O)C=CC=3. The van der Waals surface area contributed by atoms with E-state index in [1.54, 1.807) is 6.08 Å². The summed E-state index contributed by atoms with van der Waals surface area (Å²) in [5.41, 5.74) is 2.00. The van der Waals surface area contributed by atoms with Gasteiger partial charge in [0.05, 0.1) is 0 Å². The Labute approximate surface area is 111 Å². The fourth-order valence-corrected chi connectivity index (χ4v) is 2.47. The Morgan fingerprint density at radius 3 is 3.11 bits per heavy atom. The minimum absolute atomic E-state index is 0.349. The van der Waals surface area contributed by atoms with Gasteiger partial charge in [0.15, 0.2) is 0 Å². The van der Waals surface area contributed by atoms with Gasteiger partial charge in [-0.25, -0.2) is 0 Å². The molecular formula is C16H14O3. The standard InChI is InChI=1S/C16H14O3/c1-3-5-14-13-9-8-11-6-4-7-12(11)15(13)19-16(14)18-10(2)17/h3-4,6-9,16H,1,5H2,2H3. The molecule has 1 aliphatic carbocycles. The molecular weight excluding hydrogens is 240 g/mol. The molecule has 1 heterocycles. The lowest BCUT2D eigenvalue weighted by molar-refractivity contribution is -0.153. The van der Waals surface area contributed by atoms with E-state index in [4.69, 9.17) is 9.47 Å². The van der Waals surface area contributed by atoms with Crippen LogP contribution in [0.15, 0.2) is 30.9 Å². The highest BCUT2D eigenvalue weighted by Gasteiger charge is 2.28. The number of ether oxygens (including phenoxy) is 2. The summed E-state index contributed by atoms with van der Waals surface area (Å²) in [7, 11) is 0. The van der Waals surface area contributed by atoms with Gasteiger partial charge in [0.2, 0.25) is 0 Å². The lowest BCUT2D eigenvalue weighted by atomic mass is 10.1. The molecule has 0 fully saturated rings.